The summed E-state index contributed by atoms with van der Waals surface area (Å²) >= 11 is 5.90. The van der Waals surface area contributed by atoms with Gasteiger partial charge in [0, 0.05) is 42.3 Å². The average Bonchev–Trinajstić information content (AvgIpc) is 2.79. The highest BCUT2D eigenvalue weighted by Gasteiger charge is 2.26. The number of rotatable bonds is 7. The smallest absolute Gasteiger partial charge is 0.254 e. The Morgan fingerprint density at radius 3 is 2.26 bits per heavy atom. The topological polar surface area (TPSA) is 59.1 Å². The molecule has 0 bridgehead atoms. The monoisotopic (exact) mass is 442 g/mol. The fourth-order valence-corrected chi connectivity index (χ4v) is 3.83. The average molecular weight is 443 g/mol. The molecule has 0 aliphatic carbocycles. The van der Waals surface area contributed by atoms with Crippen molar-refractivity contribution < 1.29 is 19.1 Å². The molecule has 2 amide bonds. The van der Waals surface area contributed by atoms with E-state index in [2.05, 4.69) is 6.58 Å². The molecule has 0 radical (unpaired) electrons. The van der Waals surface area contributed by atoms with Gasteiger partial charge >= 0.3 is 0 Å². The number of nitrogens with zero attached hydrogens (tertiary/aromatic N) is 2. The van der Waals surface area contributed by atoms with Gasteiger partial charge in [-0.25, -0.2) is 0 Å². The molecule has 1 saturated heterocycles. The minimum atomic E-state index is -0.0870. The highest BCUT2D eigenvalue weighted by Crippen LogP contribution is 2.33. The van der Waals surface area contributed by atoms with Gasteiger partial charge in [-0.15, -0.1) is 6.58 Å². The van der Waals surface area contributed by atoms with Gasteiger partial charge in [0.05, 0.1) is 20.6 Å². The summed E-state index contributed by atoms with van der Waals surface area (Å²) in [5.41, 5.74) is 2.31. The Balaban J connectivity index is 1.65. The highest BCUT2D eigenvalue weighted by atomic mass is 35.5. The Morgan fingerprint density at radius 2 is 1.68 bits per heavy atom. The van der Waals surface area contributed by atoms with Gasteiger partial charge in [0.15, 0.2) is 11.5 Å². The van der Waals surface area contributed by atoms with E-state index < -0.39 is 0 Å². The van der Waals surface area contributed by atoms with Crippen molar-refractivity contribution in [2.45, 2.75) is 12.8 Å². The zero-order chi connectivity index (χ0) is 22.4. The van der Waals surface area contributed by atoms with E-state index in [4.69, 9.17) is 21.1 Å². The standard InChI is InChI=1S/C24H27ClN2O4/c1-4-5-18-15-19(16-21(30-2)23(18)31-3)24(29)27-12-10-26(11-13-27)22(28)14-17-6-8-20(25)9-7-17/h4,6-9,15-16H,1,5,10-14H2,2-3H3. The predicted octanol–water partition coefficient (Wildman–Crippen LogP) is 3.61. The molecule has 1 aliphatic heterocycles. The van der Waals surface area contributed by atoms with Crippen LogP contribution in [-0.4, -0.2) is 62.0 Å². The molecule has 0 spiro atoms. The van der Waals surface area contributed by atoms with Gasteiger partial charge in [0.1, 0.15) is 0 Å². The van der Waals surface area contributed by atoms with Gasteiger partial charge in [-0.2, -0.15) is 0 Å². The molecule has 7 heteroatoms. The molecule has 2 aromatic rings. The first-order chi connectivity index (χ1) is 15.0. The molecular formula is C24H27ClN2O4. The maximum atomic E-state index is 13.1. The number of hydrogen-bond acceptors (Lipinski definition) is 4. The number of allylic oxidation sites excluding steroid dienone is 1. The van der Waals surface area contributed by atoms with Crippen molar-refractivity contribution in [1.82, 2.24) is 9.80 Å². The zero-order valence-corrected chi connectivity index (χ0v) is 18.7. The molecule has 6 nitrogen and oxygen atoms in total. The summed E-state index contributed by atoms with van der Waals surface area (Å²) in [5.74, 6) is 1.09. The highest BCUT2D eigenvalue weighted by molar-refractivity contribution is 6.30. The van der Waals surface area contributed by atoms with Gasteiger partial charge in [0.25, 0.3) is 5.91 Å². The number of carbonyl (C=O) groups excluding carboxylic acids is 2. The first kappa shape index (κ1) is 22.7. The Labute approximate surface area is 188 Å². The van der Waals surface area contributed by atoms with Crippen LogP contribution in [-0.2, 0) is 17.6 Å². The molecule has 164 valence electrons. The fourth-order valence-electron chi connectivity index (χ4n) is 3.70. The summed E-state index contributed by atoms with van der Waals surface area (Å²) in [5, 5.41) is 0.648. The lowest BCUT2D eigenvalue weighted by Crippen LogP contribution is -2.51. The third-order valence-corrected chi connectivity index (χ3v) is 5.61. The lowest BCUT2D eigenvalue weighted by Gasteiger charge is -2.35. The van der Waals surface area contributed by atoms with Gasteiger partial charge in [-0.3, -0.25) is 9.59 Å². The Hall–Kier alpha value is -2.99. The number of piperazine rings is 1. The van der Waals surface area contributed by atoms with Crippen molar-refractivity contribution in [3.8, 4) is 11.5 Å². The number of methoxy groups -OCH3 is 2. The van der Waals surface area contributed by atoms with Crippen LogP contribution in [0.2, 0.25) is 5.02 Å². The summed E-state index contributed by atoms with van der Waals surface area (Å²) in [4.78, 5) is 29.3. The number of amides is 2. The third kappa shape index (κ3) is 5.39. The largest absolute Gasteiger partial charge is 0.493 e. The number of ether oxygens (including phenoxy) is 2. The molecule has 1 aliphatic rings. The van der Waals surface area contributed by atoms with Crippen LogP contribution in [0, 0.1) is 0 Å². The SMILES string of the molecule is C=CCc1cc(C(=O)N2CCN(C(=O)Cc3ccc(Cl)cc3)CC2)cc(OC)c1OC. The van der Waals surface area contributed by atoms with Crippen LogP contribution >= 0.6 is 11.6 Å². The molecule has 0 unspecified atom stereocenters. The van der Waals surface area contributed by atoms with Crippen molar-refractivity contribution in [3.05, 3.63) is 70.8 Å². The van der Waals surface area contributed by atoms with Gasteiger partial charge < -0.3 is 19.3 Å². The summed E-state index contributed by atoms with van der Waals surface area (Å²) in [7, 11) is 3.13. The number of halogens is 1. The van der Waals surface area contributed by atoms with Crippen LogP contribution in [0.1, 0.15) is 21.5 Å². The van der Waals surface area contributed by atoms with Gasteiger partial charge in [-0.1, -0.05) is 29.8 Å². The van der Waals surface area contributed by atoms with Crippen molar-refractivity contribution in [2.24, 2.45) is 0 Å². The molecule has 0 atom stereocenters. The van der Waals surface area contributed by atoms with E-state index in [1.54, 1.807) is 48.3 Å². The molecule has 1 fully saturated rings. The summed E-state index contributed by atoms with van der Waals surface area (Å²) in [6.45, 7) is 5.75. The third-order valence-electron chi connectivity index (χ3n) is 5.36. The van der Waals surface area contributed by atoms with E-state index in [9.17, 15) is 9.59 Å². The summed E-state index contributed by atoms with van der Waals surface area (Å²) in [6, 6.07) is 10.8. The Kier molecular flexibility index (Phi) is 7.58. The van der Waals surface area contributed by atoms with E-state index in [0.717, 1.165) is 11.1 Å². The molecule has 2 aromatic carbocycles. The minimum absolute atomic E-state index is 0.0498. The zero-order valence-electron chi connectivity index (χ0n) is 17.9. The predicted molar refractivity (Wildman–Crippen MR) is 121 cm³/mol. The first-order valence-electron chi connectivity index (χ1n) is 10.1. The number of carbonyl (C=O) groups is 2. The lowest BCUT2D eigenvalue weighted by atomic mass is 10.0. The maximum Gasteiger partial charge on any atom is 0.254 e. The van der Waals surface area contributed by atoms with Gasteiger partial charge in [-0.05, 0) is 36.2 Å². The molecular weight excluding hydrogens is 416 g/mol. The van der Waals surface area contributed by atoms with Crippen LogP contribution in [0.4, 0.5) is 0 Å². The van der Waals surface area contributed by atoms with Crippen LogP contribution in [0.15, 0.2) is 49.1 Å². The van der Waals surface area contributed by atoms with Crippen molar-refractivity contribution in [1.29, 1.82) is 0 Å². The van der Waals surface area contributed by atoms with E-state index >= 15 is 0 Å². The van der Waals surface area contributed by atoms with Crippen LogP contribution in [0.25, 0.3) is 0 Å². The minimum Gasteiger partial charge on any atom is -0.493 e. The normalized spacial score (nSPS) is 13.6. The molecule has 31 heavy (non-hydrogen) atoms. The second kappa shape index (κ2) is 10.4. The fraction of sp³-hybridized carbons (Fsp3) is 0.333. The molecule has 0 N–H and O–H groups in total. The van der Waals surface area contributed by atoms with Crippen LogP contribution < -0.4 is 9.47 Å². The Morgan fingerprint density at radius 1 is 1.03 bits per heavy atom. The first-order valence-corrected chi connectivity index (χ1v) is 10.5. The molecule has 1 heterocycles. The second-order valence-electron chi connectivity index (χ2n) is 7.34. The van der Waals surface area contributed by atoms with E-state index in [0.29, 0.717) is 61.1 Å². The number of hydrogen-bond donors (Lipinski definition) is 0. The molecule has 0 aromatic heterocycles. The number of benzene rings is 2. The Bertz CT molecular complexity index is 951. The molecule has 0 saturated carbocycles. The van der Waals surface area contributed by atoms with Crippen molar-refractivity contribution in [3.63, 3.8) is 0 Å². The van der Waals surface area contributed by atoms with E-state index in [1.165, 1.54) is 0 Å². The maximum absolute atomic E-state index is 13.1. The van der Waals surface area contributed by atoms with Crippen molar-refractivity contribution in [2.75, 3.05) is 40.4 Å². The lowest BCUT2D eigenvalue weighted by molar-refractivity contribution is -0.131. The second-order valence-corrected chi connectivity index (χ2v) is 7.78. The summed E-state index contributed by atoms with van der Waals surface area (Å²) in [6.07, 6.45) is 2.65. The van der Waals surface area contributed by atoms with Crippen LogP contribution in [0.5, 0.6) is 11.5 Å². The summed E-state index contributed by atoms with van der Waals surface area (Å²) < 4.78 is 10.9. The molecule has 3 rings (SSSR count). The van der Waals surface area contributed by atoms with Gasteiger partial charge in [0.2, 0.25) is 5.91 Å². The quantitative estimate of drug-likeness (QED) is 0.614. The van der Waals surface area contributed by atoms with E-state index in [-0.39, 0.29) is 11.8 Å². The van der Waals surface area contributed by atoms with E-state index in [1.807, 2.05) is 18.2 Å². The van der Waals surface area contributed by atoms with Crippen molar-refractivity contribution >= 4 is 23.4 Å². The van der Waals surface area contributed by atoms with Crippen LogP contribution in [0.3, 0.4) is 0 Å².